The molecular formula is C31H38N4O5. The molecule has 0 radical (unpaired) electrons. The second-order valence-electron chi connectivity index (χ2n) is 12.5. The van der Waals surface area contributed by atoms with Crippen LogP contribution >= 0.6 is 0 Å². The Kier molecular flexibility index (Phi) is 6.45. The number of benzene rings is 1. The SMILES string of the molecule is CCn1cc(-c2cccc(N(CC34CCC(c5nc(C6CC6)no5)(CC3)CC4)C(=O)C3CCOCC3)c2)oc1=O. The van der Waals surface area contributed by atoms with Crippen LogP contribution in [0, 0.1) is 11.3 Å². The Balaban J connectivity index is 1.16. The summed E-state index contributed by atoms with van der Waals surface area (Å²) in [5.41, 5.74) is 1.72. The molecule has 0 N–H and O–H groups in total. The lowest BCUT2D eigenvalue weighted by molar-refractivity contribution is -0.126. The quantitative estimate of drug-likeness (QED) is 0.371. The van der Waals surface area contributed by atoms with Crippen molar-refractivity contribution in [1.82, 2.24) is 14.7 Å². The van der Waals surface area contributed by atoms with Crippen molar-refractivity contribution in [3.05, 3.63) is 52.7 Å². The molecule has 40 heavy (non-hydrogen) atoms. The van der Waals surface area contributed by atoms with Gasteiger partial charge in [-0.1, -0.05) is 17.3 Å². The van der Waals surface area contributed by atoms with Crippen molar-refractivity contribution in [2.24, 2.45) is 11.3 Å². The topological polar surface area (TPSA) is 104 Å². The Morgan fingerprint density at radius 1 is 1.07 bits per heavy atom. The number of carbonyl (C=O) groups is 1. The van der Waals surface area contributed by atoms with E-state index in [0.717, 1.165) is 74.3 Å². The van der Waals surface area contributed by atoms with Gasteiger partial charge in [0.25, 0.3) is 0 Å². The molecule has 212 valence electrons. The van der Waals surface area contributed by atoms with Gasteiger partial charge in [0.05, 0.1) is 6.20 Å². The van der Waals surface area contributed by atoms with Crippen LogP contribution in [0.1, 0.15) is 88.8 Å². The molecule has 1 amide bonds. The van der Waals surface area contributed by atoms with E-state index in [0.29, 0.717) is 38.0 Å². The lowest BCUT2D eigenvalue weighted by Crippen LogP contribution is -2.52. The van der Waals surface area contributed by atoms with Gasteiger partial charge in [0.1, 0.15) is 0 Å². The van der Waals surface area contributed by atoms with E-state index in [1.54, 1.807) is 10.8 Å². The first kappa shape index (κ1) is 25.7. The molecule has 5 aliphatic rings. The Bertz CT molecular complexity index is 1420. The second-order valence-corrected chi connectivity index (χ2v) is 12.5. The molecule has 8 rings (SSSR count). The summed E-state index contributed by atoms with van der Waals surface area (Å²) in [6.45, 7) is 4.41. The van der Waals surface area contributed by atoms with Crippen LogP contribution in [-0.4, -0.2) is 40.4 Å². The summed E-state index contributed by atoms with van der Waals surface area (Å²) in [5, 5.41) is 4.31. The fourth-order valence-electron chi connectivity index (χ4n) is 7.13. The molecule has 2 bridgehead atoms. The van der Waals surface area contributed by atoms with Crippen LogP contribution in [0.25, 0.3) is 11.3 Å². The molecule has 3 aromatic rings. The van der Waals surface area contributed by atoms with Gasteiger partial charge < -0.3 is 18.6 Å². The predicted octanol–water partition coefficient (Wildman–Crippen LogP) is 5.44. The van der Waals surface area contributed by atoms with Crippen LogP contribution in [-0.2, 0) is 21.5 Å². The van der Waals surface area contributed by atoms with E-state index in [1.165, 1.54) is 12.8 Å². The van der Waals surface area contributed by atoms with Crippen molar-refractivity contribution >= 4 is 11.6 Å². The number of amides is 1. The minimum atomic E-state index is -0.365. The van der Waals surface area contributed by atoms with Crippen molar-refractivity contribution in [3.8, 4) is 11.3 Å². The third-order valence-electron chi connectivity index (χ3n) is 10.1. The molecule has 9 heteroatoms. The van der Waals surface area contributed by atoms with Gasteiger partial charge in [0.2, 0.25) is 11.8 Å². The lowest BCUT2D eigenvalue weighted by Gasteiger charge is -2.53. The zero-order valence-corrected chi connectivity index (χ0v) is 23.3. The van der Waals surface area contributed by atoms with Crippen LogP contribution in [0.15, 0.2) is 44.2 Å². The van der Waals surface area contributed by atoms with Gasteiger partial charge >= 0.3 is 5.76 Å². The summed E-state index contributed by atoms with van der Waals surface area (Å²) in [5.74, 6) is 2.52. The van der Waals surface area contributed by atoms with Gasteiger partial charge in [0, 0.05) is 54.8 Å². The average Bonchev–Trinajstić information content (AvgIpc) is 3.60. The highest BCUT2D eigenvalue weighted by Crippen LogP contribution is 2.58. The number of hydrogen-bond acceptors (Lipinski definition) is 7. The summed E-state index contributed by atoms with van der Waals surface area (Å²) in [4.78, 5) is 33.2. The molecule has 4 aliphatic carbocycles. The molecule has 9 nitrogen and oxygen atoms in total. The minimum absolute atomic E-state index is 0.0126. The van der Waals surface area contributed by atoms with E-state index in [-0.39, 0.29) is 28.4 Å². The van der Waals surface area contributed by atoms with Crippen molar-refractivity contribution in [2.45, 2.75) is 89.0 Å². The smallest absolute Gasteiger partial charge is 0.408 e. The highest BCUT2D eigenvalue weighted by atomic mass is 16.5. The van der Waals surface area contributed by atoms with E-state index in [2.05, 4.69) is 5.16 Å². The molecule has 3 heterocycles. The largest absolute Gasteiger partial charge is 0.419 e. The zero-order valence-electron chi connectivity index (χ0n) is 23.3. The first-order valence-corrected chi connectivity index (χ1v) is 15.0. The minimum Gasteiger partial charge on any atom is -0.408 e. The maximum Gasteiger partial charge on any atom is 0.419 e. The number of fused-ring (bicyclic) bond motifs is 3. The number of aryl methyl sites for hydroxylation is 1. The van der Waals surface area contributed by atoms with E-state index in [9.17, 15) is 9.59 Å². The molecule has 1 aliphatic heterocycles. The van der Waals surface area contributed by atoms with Gasteiger partial charge in [-0.15, -0.1) is 0 Å². The summed E-state index contributed by atoms with van der Waals surface area (Å²) < 4.78 is 18.5. The maximum atomic E-state index is 14.1. The van der Waals surface area contributed by atoms with Crippen molar-refractivity contribution in [3.63, 3.8) is 0 Å². The monoisotopic (exact) mass is 546 g/mol. The molecular weight excluding hydrogens is 508 g/mol. The van der Waals surface area contributed by atoms with Gasteiger partial charge in [-0.05, 0) is 88.7 Å². The number of nitrogens with zero attached hydrogens (tertiary/aromatic N) is 4. The second kappa shape index (κ2) is 10.0. The molecule has 1 aromatic carbocycles. The Hall–Kier alpha value is -3.20. The Morgan fingerprint density at radius 2 is 1.82 bits per heavy atom. The van der Waals surface area contributed by atoms with Crippen molar-refractivity contribution < 1.29 is 18.5 Å². The van der Waals surface area contributed by atoms with Gasteiger partial charge in [0.15, 0.2) is 11.6 Å². The van der Waals surface area contributed by atoms with Crippen LogP contribution in [0.3, 0.4) is 0 Å². The maximum absolute atomic E-state index is 14.1. The van der Waals surface area contributed by atoms with Crippen molar-refractivity contribution in [1.29, 1.82) is 0 Å². The van der Waals surface area contributed by atoms with Crippen molar-refractivity contribution in [2.75, 3.05) is 24.7 Å². The van der Waals surface area contributed by atoms with Gasteiger partial charge in [-0.3, -0.25) is 9.36 Å². The summed E-state index contributed by atoms with van der Waals surface area (Å²) in [7, 11) is 0. The van der Waals surface area contributed by atoms with Gasteiger partial charge in [-0.25, -0.2) is 4.79 Å². The average molecular weight is 547 g/mol. The van der Waals surface area contributed by atoms with E-state index in [1.807, 2.05) is 36.1 Å². The molecule has 0 atom stereocenters. The Labute approximate surface area is 233 Å². The molecule has 0 spiro atoms. The first-order valence-electron chi connectivity index (χ1n) is 15.0. The highest BCUT2D eigenvalue weighted by molar-refractivity contribution is 5.95. The normalized spacial score (nSPS) is 26.7. The molecule has 5 fully saturated rings. The third kappa shape index (κ3) is 4.62. The van der Waals surface area contributed by atoms with Crippen LogP contribution in [0.5, 0.6) is 0 Å². The van der Waals surface area contributed by atoms with Crippen LogP contribution in [0.4, 0.5) is 5.69 Å². The number of ether oxygens (including phenoxy) is 1. The van der Waals surface area contributed by atoms with E-state index >= 15 is 0 Å². The van der Waals surface area contributed by atoms with E-state index in [4.69, 9.17) is 18.7 Å². The molecule has 4 saturated carbocycles. The van der Waals surface area contributed by atoms with Crippen LogP contribution < -0.4 is 10.7 Å². The highest BCUT2D eigenvalue weighted by Gasteiger charge is 2.53. The molecule has 2 aromatic heterocycles. The number of carbonyl (C=O) groups excluding carboxylic acids is 1. The van der Waals surface area contributed by atoms with Gasteiger partial charge in [-0.2, -0.15) is 4.98 Å². The molecule has 1 saturated heterocycles. The number of hydrogen-bond donors (Lipinski definition) is 0. The van der Waals surface area contributed by atoms with E-state index < -0.39 is 0 Å². The number of anilines is 1. The lowest BCUT2D eigenvalue weighted by atomic mass is 9.53. The predicted molar refractivity (Wildman–Crippen MR) is 148 cm³/mol. The first-order chi connectivity index (χ1) is 19.5. The summed E-state index contributed by atoms with van der Waals surface area (Å²) in [6, 6.07) is 7.91. The number of aromatic nitrogens is 3. The molecule has 0 unspecified atom stereocenters. The third-order valence-corrected chi connectivity index (χ3v) is 10.1. The number of oxazole rings is 1. The number of rotatable bonds is 8. The van der Waals surface area contributed by atoms with Crippen LogP contribution in [0.2, 0.25) is 0 Å². The fraction of sp³-hybridized carbons (Fsp3) is 0.613. The Morgan fingerprint density at radius 3 is 2.50 bits per heavy atom. The fourth-order valence-corrected chi connectivity index (χ4v) is 7.13. The summed E-state index contributed by atoms with van der Waals surface area (Å²) >= 11 is 0. The zero-order chi connectivity index (χ0) is 27.3. The standard InChI is InChI=1S/C31H38N4O5/c1-2-34-19-25(39-29(34)37)23-4-3-5-24(18-23)35(27(36)22-8-16-38-17-9-22)20-30-10-13-31(14-11-30,15-12-30)28-32-26(33-40-28)21-6-7-21/h3-5,18-19,21-22H,2,6-17,20H2,1H3. The summed E-state index contributed by atoms with van der Waals surface area (Å²) in [6.07, 6.45) is 11.8.